The van der Waals surface area contributed by atoms with Crippen LogP contribution in [0.15, 0.2) is 66.7 Å². The van der Waals surface area contributed by atoms with Crippen LogP contribution in [0.25, 0.3) is 0 Å². The van der Waals surface area contributed by atoms with Crippen molar-refractivity contribution in [3.8, 4) is 0 Å². The summed E-state index contributed by atoms with van der Waals surface area (Å²) in [6.07, 6.45) is 0. The Hall–Kier alpha value is -4.79. The molecule has 35 heavy (non-hydrogen) atoms. The van der Waals surface area contributed by atoms with Crippen molar-refractivity contribution in [3.63, 3.8) is 0 Å². The Morgan fingerprint density at radius 3 is 1.71 bits per heavy atom. The first-order valence-corrected chi connectivity index (χ1v) is 10.9. The van der Waals surface area contributed by atoms with Crippen molar-refractivity contribution in [2.24, 2.45) is 0 Å². The topological polar surface area (TPSA) is 107 Å². The second-order valence-electron chi connectivity index (χ2n) is 8.19. The van der Waals surface area contributed by atoms with Crippen molar-refractivity contribution >= 4 is 58.0 Å². The molecule has 2 aliphatic heterocycles. The van der Waals surface area contributed by atoms with E-state index in [0.29, 0.717) is 28.4 Å². The fraction of sp³-hybridized carbons (Fsp3) is 0.115. The van der Waals surface area contributed by atoms with Crippen LogP contribution in [0.2, 0.25) is 0 Å². The van der Waals surface area contributed by atoms with E-state index in [1.54, 1.807) is 66.7 Å². The summed E-state index contributed by atoms with van der Waals surface area (Å²) in [7, 11) is 0. The maximum Gasteiger partial charge on any atom is 0.262 e. The minimum Gasteiger partial charge on any atom is -0.324 e. The zero-order valence-corrected chi connectivity index (χ0v) is 18.9. The minimum absolute atomic E-state index is 0.232. The number of imide groups is 1. The van der Waals surface area contributed by atoms with E-state index in [9.17, 15) is 24.0 Å². The van der Waals surface area contributed by atoms with E-state index in [1.807, 2.05) is 0 Å². The van der Waals surface area contributed by atoms with Crippen LogP contribution in [0.3, 0.4) is 0 Å². The van der Waals surface area contributed by atoms with Gasteiger partial charge in [-0.25, -0.2) is 0 Å². The molecule has 0 saturated carbocycles. The van der Waals surface area contributed by atoms with Gasteiger partial charge < -0.3 is 5.32 Å². The molecule has 3 aromatic carbocycles. The Labute approximate surface area is 200 Å². The number of amides is 5. The van der Waals surface area contributed by atoms with Gasteiger partial charge in [-0.05, 0) is 42.5 Å². The van der Waals surface area contributed by atoms with Gasteiger partial charge in [0.1, 0.15) is 6.54 Å². The third kappa shape index (κ3) is 3.54. The highest BCUT2D eigenvalue weighted by molar-refractivity contribution is 6.23. The molecule has 0 saturated heterocycles. The van der Waals surface area contributed by atoms with Gasteiger partial charge in [-0.3, -0.25) is 38.7 Å². The van der Waals surface area contributed by atoms with E-state index in [2.05, 4.69) is 5.32 Å². The Kier molecular flexibility index (Phi) is 5.17. The van der Waals surface area contributed by atoms with Crippen molar-refractivity contribution in [2.75, 3.05) is 21.7 Å². The van der Waals surface area contributed by atoms with Gasteiger partial charge in [0.2, 0.25) is 17.7 Å². The number of nitrogens with zero attached hydrogens (tertiary/aromatic N) is 3. The highest BCUT2D eigenvalue weighted by atomic mass is 16.2. The van der Waals surface area contributed by atoms with Crippen LogP contribution in [0.5, 0.6) is 0 Å². The summed E-state index contributed by atoms with van der Waals surface area (Å²) in [5.74, 6) is -2.13. The summed E-state index contributed by atoms with van der Waals surface area (Å²) in [5.41, 5.74) is 2.90. The predicted octanol–water partition coefficient (Wildman–Crippen LogP) is 3.60. The lowest BCUT2D eigenvalue weighted by Gasteiger charge is -2.37. The first-order chi connectivity index (χ1) is 16.8. The maximum absolute atomic E-state index is 12.8. The van der Waals surface area contributed by atoms with Crippen LogP contribution < -0.4 is 15.1 Å². The molecule has 0 unspecified atom stereocenters. The van der Waals surface area contributed by atoms with Crippen molar-refractivity contribution in [2.45, 2.75) is 13.8 Å². The van der Waals surface area contributed by atoms with E-state index in [4.69, 9.17) is 0 Å². The Bertz CT molecular complexity index is 1410. The molecule has 1 N–H and O–H groups in total. The van der Waals surface area contributed by atoms with Crippen LogP contribution in [-0.2, 0) is 14.4 Å². The van der Waals surface area contributed by atoms with Gasteiger partial charge in [0.05, 0.1) is 33.9 Å². The third-order valence-corrected chi connectivity index (χ3v) is 5.91. The van der Waals surface area contributed by atoms with Gasteiger partial charge in [-0.1, -0.05) is 24.3 Å². The first kappa shape index (κ1) is 22.0. The molecule has 9 nitrogen and oxygen atoms in total. The van der Waals surface area contributed by atoms with Gasteiger partial charge in [0.25, 0.3) is 11.8 Å². The molecular weight excluding hydrogens is 448 g/mol. The lowest BCUT2D eigenvalue weighted by Crippen LogP contribution is -2.37. The minimum atomic E-state index is -0.575. The summed E-state index contributed by atoms with van der Waals surface area (Å²) in [5, 5.41) is 2.69. The second-order valence-corrected chi connectivity index (χ2v) is 8.19. The molecule has 174 valence electrons. The number of anilines is 5. The van der Waals surface area contributed by atoms with E-state index in [1.165, 1.54) is 23.6 Å². The summed E-state index contributed by atoms with van der Waals surface area (Å²) < 4.78 is 0. The fourth-order valence-corrected chi connectivity index (χ4v) is 4.48. The molecule has 2 heterocycles. The average molecular weight is 468 g/mol. The van der Waals surface area contributed by atoms with Crippen LogP contribution in [-0.4, -0.2) is 41.0 Å². The van der Waals surface area contributed by atoms with Crippen molar-refractivity contribution in [1.29, 1.82) is 0 Å². The monoisotopic (exact) mass is 468 g/mol. The molecule has 0 aromatic heterocycles. The lowest BCUT2D eigenvalue weighted by molar-refractivity contribution is -0.117. The third-order valence-electron chi connectivity index (χ3n) is 5.91. The van der Waals surface area contributed by atoms with Gasteiger partial charge >= 0.3 is 0 Å². The zero-order chi connectivity index (χ0) is 24.9. The number of para-hydroxylation sites is 2. The van der Waals surface area contributed by atoms with E-state index in [0.717, 1.165) is 4.90 Å². The van der Waals surface area contributed by atoms with Crippen molar-refractivity contribution in [3.05, 3.63) is 77.9 Å². The highest BCUT2D eigenvalue weighted by Gasteiger charge is 2.36. The number of hydrogen-bond acceptors (Lipinski definition) is 5. The maximum atomic E-state index is 12.8. The first-order valence-electron chi connectivity index (χ1n) is 10.9. The zero-order valence-electron chi connectivity index (χ0n) is 18.9. The molecular formula is C26H20N4O5. The molecule has 0 fully saturated rings. The van der Waals surface area contributed by atoms with E-state index >= 15 is 0 Å². The fourth-order valence-electron chi connectivity index (χ4n) is 4.48. The van der Waals surface area contributed by atoms with Gasteiger partial charge in [0.15, 0.2) is 0 Å². The molecule has 2 aliphatic rings. The SMILES string of the molecule is CC(=O)N1c2ccccc2N(C(C)=O)c2cc(NC(=O)CN3C(=O)c4ccccc4C3=O)ccc21. The standard InChI is InChI=1S/C26H20N4O5/c1-15(31)29-20-9-5-6-10-21(20)30(16(2)32)23-13-17(11-12-22(23)29)27-24(33)14-28-25(34)18-7-3-4-8-19(18)26(28)35/h3-13H,14H2,1-2H3,(H,27,33). The molecule has 5 rings (SSSR count). The van der Waals surface area contributed by atoms with Gasteiger partial charge in [-0.2, -0.15) is 0 Å². The van der Waals surface area contributed by atoms with Gasteiger partial charge in [0, 0.05) is 19.5 Å². The number of carbonyl (C=O) groups excluding carboxylic acids is 5. The average Bonchev–Trinajstić information content (AvgIpc) is 3.06. The Balaban J connectivity index is 1.44. The van der Waals surface area contributed by atoms with Crippen molar-refractivity contribution in [1.82, 2.24) is 4.90 Å². The van der Waals surface area contributed by atoms with Gasteiger partial charge in [-0.15, -0.1) is 0 Å². The quantitative estimate of drug-likeness (QED) is 0.591. The largest absolute Gasteiger partial charge is 0.324 e. The normalized spacial score (nSPS) is 13.8. The Morgan fingerprint density at radius 1 is 0.686 bits per heavy atom. The molecule has 3 aromatic rings. The van der Waals surface area contributed by atoms with Crippen LogP contribution in [0.1, 0.15) is 34.6 Å². The lowest BCUT2D eigenvalue weighted by atomic mass is 10.1. The number of carbonyl (C=O) groups is 5. The summed E-state index contributed by atoms with van der Waals surface area (Å²) >= 11 is 0. The smallest absolute Gasteiger partial charge is 0.262 e. The summed E-state index contributed by atoms with van der Waals surface area (Å²) in [6.45, 7) is 2.39. The molecule has 9 heteroatoms. The molecule has 0 aliphatic carbocycles. The second kappa shape index (κ2) is 8.21. The number of rotatable bonds is 3. The van der Waals surface area contributed by atoms with Crippen LogP contribution in [0, 0.1) is 0 Å². The summed E-state index contributed by atoms with van der Waals surface area (Å²) in [4.78, 5) is 66.9. The van der Waals surface area contributed by atoms with Crippen LogP contribution >= 0.6 is 0 Å². The molecule has 0 spiro atoms. The number of nitrogens with one attached hydrogen (secondary N) is 1. The number of benzene rings is 3. The highest BCUT2D eigenvalue weighted by Crippen LogP contribution is 2.48. The van der Waals surface area contributed by atoms with E-state index < -0.39 is 24.3 Å². The number of fused-ring (bicyclic) bond motifs is 3. The number of hydrogen-bond donors (Lipinski definition) is 1. The summed E-state index contributed by atoms with van der Waals surface area (Å²) in [6, 6.07) is 18.3. The molecule has 0 radical (unpaired) electrons. The van der Waals surface area contributed by atoms with E-state index in [-0.39, 0.29) is 22.9 Å². The van der Waals surface area contributed by atoms with Crippen molar-refractivity contribution < 1.29 is 24.0 Å². The van der Waals surface area contributed by atoms with Crippen LogP contribution in [0.4, 0.5) is 28.4 Å². The molecule has 5 amide bonds. The molecule has 0 atom stereocenters. The predicted molar refractivity (Wildman–Crippen MR) is 129 cm³/mol. The Morgan fingerprint density at radius 2 is 1.17 bits per heavy atom. The molecule has 0 bridgehead atoms.